The first-order valence-corrected chi connectivity index (χ1v) is 6.79. The second-order valence-electron chi connectivity index (χ2n) is 5.41. The first-order chi connectivity index (χ1) is 9.47. The molecule has 110 valence electrons. The largest absolute Gasteiger partial charge is 0.391 e. The second-order valence-corrected chi connectivity index (χ2v) is 5.41. The van der Waals surface area contributed by atoms with E-state index in [9.17, 15) is 19.6 Å². The molecule has 6 heteroatoms. The van der Waals surface area contributed by atoms with E-state index in [1.165, 1.54) is 12.1 Å². The molecular formula is C14H19FN2O3. The minimum atomic E-state index is -0.605. The first-order valence-electron chi connectivity index (χ1n) is 6.79. The number of nitrogens with zero attached hydrogens (tertiary/aromatic N) is 2. The fourth-order valence-corrected chi connectivity index (χ4v) is 2.84. The van der Waals surface area contributed by atoms with Crippen LogP contribution in [0, 0.1) is 15.9 Å². The molecule has 0 saturated heterocycles. The average molecular weight is 282 g/mol. The van der Waals surface area contributed by atoms with Gasteiger partial charge in [-0.2, -0.15) is 0 Å². The zero-order chi connectivity index (χ0) is 14.7. The van der Waals surface area contributed by atoms with Gasteiger partial charge in [0, 0.05) is 18.7 Å². The third-order valence-electron chi connectivity index (χ3n) is 3.85. The summed E-state index contributed by atoms with van der Waals surface area (Å²) >= 11 is 0. The lowest BCUT2D eigenvalue weighted by Gasteiger charge is -2.35. The highest BCUT2D eigenvalue weighted by molar-refractivity contribution is 5.35. The normalized spacial score (nSPS) is 23.0. The number of non-ortho nitro benzene ring substituents is 1. The van der Waals surface area contributed by atoms with Gasteiger partial charge in [0.05, 0.1) is 17.1 Å². The quantitative estimate of drug-likeness (QED) is 0.680. The Morgan fingerprint density at radius 1 is 1.40 bits per heavy atom. The van der Waals surface area contributed by atoms with Crippen molar-refractivity contribution in [2.75, 3.05) is 7.05 Å². The molecule has 1 fully saturated rings. The lowest BCUT2D eigenvalue weighted by molar-refractivity contribution is -0.385. The van der Waals surface area contributed by atoms with Crippen LogP contribution in [0.4, 0.5) is 10.1 Å². The van der Waals surface area contributed by atoms with Crippen LogP contribution in [-0.2, 0) is 6.54 Å². The number of likely N-dealkylation sites (N-methyl/N-ethyl adjacent to an activating group) is 1. The molecule has 0 aliphatic heterocycles. The van der Waals surface area contributed by atoms with E-state index in [0.29, 0.717) is 12.1 Å². The molecule has 2 rings (SSSR count). The standard InChI is InChI=1S/C14H19FN2O3/c1-16(13-4-2-3-5-14(13)18)9-10-6-11(15)8-12(7-10)17(19)20/h6-8,13-14,18H,2-5,9H2,1H3. The Morgan fingerprint density at radius 2 is 2.10 bits per heavy atom. The summed E-state index contributed by atoms with van der Waals surface area (Å²) in [4.78, 5) is 12.1. The van der Waals surface area contributed by atoms with Crippen molar-refractivity contribution in [2.45, 2.75) is 44.4 Å². The summed E-state index contributed by atoms with van der Waals surface area (Å²) in [6, 6.07) is 3.64. The molecule has 2 unspecified atom stereocenters. The number of aliphatic hydroxyl groups excluding tert-OH is 1. The summed E-state index contributed by atoms with van der Waals surface area (Å²) in [5.41, 5.74) is 0.314. The third kappa shape index (κ3) is 3.52. The molecule has 0 bridgehead atoms. The van der Waals surface area contributed by atoms with Gasteiger partial charge in [-0.25, -0.2) is 4.39 Å². The maximum Gasteiger partial charge on any atom is 0.272 e. The molecule has 0 radical (unpaired) electrons. The van der Waals surface area contributed by atoms with Gasteiger partial charge in [0.25, 0.3) is 5.69 Å². The van der Waals surface area contributed by atoms with Gasteiger partial charge in [0.15, 0.2) is 0 Å². The van der Waals surface area contributed by atoms with Gasteiger partial charge in [-0.05, 0) is 31.5 Å². The van der Waals surface area contributed by atoms with Gasteiger partial charge >= 0.3 is 0 Å². The molecule has 2 atom stereocenters. The van der Waals surface area contributed by atoms with Crippen LogP contribution in [0.1, 0.15) is 31.2 Å². The van der Waals surface area contributed by atoms with Crippen LogP contribution in [0.2, 0.25) is 0 Å². The van der Waals surface area contributed by atoms with E-state index in [1.807, 2.05) is 11.9 Å². The van der Waals surface area contributed by atoms with E-state index < -0.39 is 10.7 Å². The van der Waals surface area contributed by atoms with E-state index >= 15 is 0 Å². The van der Waals surface area contributed by atoms with Gasteiger partial charge in [-0.3, -0.25) is 15.0 Å². The van der Waals surface area contributed by atoms with Crippen molar-refractivity contribution in [3.63, 3.8) is 0 Å². The molecular weight excluding hydrogens is 263 g/mol. The number of benzene rings is 1. The lowest BCUT2D eigenvalue weighted by Crippen LogP contribution is -2.42. The molecule has 0 heterocycles. The fraction of sp³-hybridized carbons (Fsp3) is 0.571. The highest BCUT2D eigenvalue weighted by Crippen LogP contribution is 2.24. The minimum Gasteiger partial charge on any atom is -0.391 e. The topological polar surface area (TPSA) is 66.6 Å². The first kappa shape index (κ1) is 14.9. The SMILES string of the molecule is CN(Cc1cc(F)cc([N+](=O)[O-])c1)C1CCCCC1O. The zero-order valence-electron chi connectivity index (χ0n) is 11.5. The predicted molar refractivity (Wildman–Crippen MR) is 72.8 cm³/mol. The Morgan fingerprint density at radius 3 is 2.75 bits per heavy atom. The monoisotopic (exact) mass is 282 g/mol. The van der Waals surface area contributed by atoms with Gasteiger partial charge in [0.2, 0.25) is 0 Å². The molecule has 1 aliphatic rings. The number of nitro benzene ring substituents is 1. The Bertz CT molecular complexity index is 495. The summed E-state index contributed by atoms with van der Waals surface area (Å²) in [6.07, 6.45) is 3.39. The molecule has 0 spiro atoms. The van der Waals surface area contributed by atoms with E-state index in [4.69, 9.17) is 0 Å². The molecule has 1 aromatic rings. The zero-order valence-corrected chi connectivity index (χ0v) is 11.5. The van der Waals surface area contributed by atoms with Crippen LogP contribution in [-0.4, -0.2) is 34.1 Å². The molecule has 1 saturated carbocycles. The van der Waals surface area contributed by atoms with Crippen molar-refractivity contribution in [3.05, 3.63) is 39.7 Å². The number of rotatable bonds is 4. The highest BCUT2D eigenvalue weighted by Gasteiger charge is 2.26. The van der Waals surface area contributed by atoms with Crippen molar-refractivity contribution in [2.24, 2.45) is 0 Å². The molecule has 1 aromatic carbocycles. The van der Waals surface area contributed by atoms with Crippen molar-refractivity contribution in [1.82, 2.24) is 4.90 Å². The Hall–Kier alpha value is -1.53. The number of halogens is 1. The smallest absolute Gasteiger partial charge is 0.272 e. The fourth-order valence-electron chi connectivity index (χ4n) is 2.84. The minimum absolute atomic E-state index is 0.0334. The van der Waals surface area contributed by atoms with Crippen LogP contribution in [0.15, 0.2) is 18.2 Å². The molecule has 0 amide bonds. The van der Waals surface area contributed by atoms with Gasteiger partial charge < -0.3 is 5.11 Å². The summed E-state index contributed by atoms with van der Waals surface area (Å²) < 4.78 is 13.4. The number of hydrogen-bond donors (Lipinski definition) is 1. The van der Waals surface area contributed by atoms with Crippen LogP contribution in [0.3, 0.4) is 0 Å². The van der Waals surface area contributed by atoms with Gasteiger partial charge in [0.1, 0.15) is 5.82 Å². The lowest BCUT2D eigenvalue weighted by atomic mass is 9.91. The Kier molecular flexibility index (Phi) is 4.67. The molecule has 1 aliphatic carbocycles. The van der Waals surface area contributed by atoms with E-state index in [0.717, 1.165) is 31.7 Å². The Labute approximate surface area is 117 Å². The van der Waals surface area contributed by atoms with Crippen molar-refractivity contribution < 1.29 is 14.4 Å². The van der Waals surface area contributed by atoms with E-state index in [1.54, 1.807) is 0 Å². The highest BCUT2D eigenvalue weighted by atomic mass is 19.1. The molecule has 20 heavy (non-hydrogen) atoms. The third-order valence-corrected chi connectivity index (χ3v) is 3.85. The number of hydrogen-bond acceptors (Lipinski definition) is 4. The molecule has 5 nitrogen and oxygen atoms in total. The van der Waals surface area contributed by atoms with E-state index in [2.05, 4.69) is 0 Å². The van der Waals surface area contributed by atoms with Gasteiger partial charge in [-0.15, -0.1) is 0 Å². The summed E-state index contributed by atoms with van der Waals surface area (Å²) in [5, 5.41) is 20.7. The predicted octanol–water partition coefficient (Wildman–Crippen LogP) is 2.47. The van der Waals surface area contributed by atoms with Crippen molar-refractivity contribution >= 4 is 5.69 Å². The summed E-state index contributed by atoms with van der Waals surface area (Å²) in [6.45, 7) is 0.389. The molecule has 1 N–H and O–H groups in total. The maximum atomic E-state index is 13.4. The molecule has 0 aromatic heterocycles. The van der Waals surface area contributed by atoms with Crippen LogP contribution < -0.4 is 0 Å². The average Bonchev–Trinajstić information content (AvgIpc) is 2.38. The van der Waals surface area contributed by atoms with Crippen LogP contribution in [0.25, 0.3) is 0 Å². The van der Waals surface area contributed by atoms with E-state index in [-0.39, 0.29) is 17.8 Å². The number of nitro groups is 1. The number of aliphatic hydroxyl groups is 1. The van der Waals surface area contributed by atoms with Gasteiger partial charge in [-0.1, -0.05) is 12.8 Å². The summed E-state index contributed by atoms with van der Waals surface area (Å²) in [5.74, 6) is -0.605. The van der Waals surface area contributed by atoms with Crippen LogP contribution >= 0.6 is 0 Å². The van der Waals surface area contributed by atoms with Crippen molar-refractivity contribution in [3.8, 4) is 0 Å². The Balaban J connectivity index is 2.10. The van der Waals surface area contributed by atoms with Crippen LogP contribution in [0.5, 0.6) is 0 Å². The van der Waals surface area contributed by atoms with Crippen molar-refractivity contribution in [1.29, 1.82) is 0 Å². The maximum absolute atomic E-state index is 13.4. The second kappa shape index (κ2) is 6.28. The summed E-state index contributed by atoms with van der Waals surface area (Å²) in [7, 11) is 1.86.